The zero-order chi connectivity index (χ0) is 14.1. The van der Waals surface area contributed by atoms with Gasteiger partial charge in [-0.1, -0.05) is 0 Å². The molecular weight excluding hydrogens is 324 g/mol. The molecule has 1 aromatic heterocycles. The van der Waals surface area contributed by atoms with Gasteiger partial charge in [0.25, 0.3) is 5.56 Å². The molecule has 4 heterocycles. The maximum Gasteiger partial charge on any atom is 0.265 e. The second-order valence-electron chi connectivity index (χ2n) is 5.47. The van der Waals surface area contributed by atoms with Gasteiger partial charge in [-0.3, -0.25) is 9.59 Å². The van der Waals surface area contributed by atoms with Gasteiger partial charge < -0.3 is 15.2 Å². The number of fused-ring (bicyclic) bond motifs is 3. The molecule has 0 aliphatic carbocycles. The third-order valence-electron chi connectivity index (χ3n) is 4.23. The standard InChI is InChI=1S/C13H17BrN4O2/c14-10-5-15-11(17-13(10)20)6-16-12(19)9-7-18-3-1-8(9)2-4-18/h5,8-9H,1-4,6-7H2,(H,16,19)(H,15,17,20). The van der Waals surface area contributed by atoms with E-state index in [1.807, 2.05) is 0 Å². The van der Waals surface area contributed by atoms with Crippen LogP contribution in [0.2, 0.25) is 0 Å². The van der Waals surface area contributed by atoms with Crippen LogP contribution in [0, 0.1) is 11.8 Å². The summed E-state index contributed by atoms with van der Waals surface area (Å²) in [6.45, 7) is 3.37. The highest BCUT2D eigenvalue weighted by atomic mass is 79.9. The fourth-order valence-corrected chi connectivity index (χ4v) is 3.27. The Hall–Kier alpha value is -1.21. The number of aromatic nitrogens is 2. The van der Waals surface area contributed by atoms with E-state index in [1.54, 1.807) is 0 Å². The van der Waals surface area contributed by atoms with Gasteiger partial charge in [0.05, 0.1) is 12.5 Å². The van der Waals surface area contributed by atoms with Crippen LogP contribution in [0.3, 0.4) is 0 Å². The number of carbonyl (C=O) groups is 1. The summed E-state index contributed by atoms with van der Waals surface area (Å²) < 4.78 is 0.393. The van der Waals surface area contributed by atoms with Crippen molar-refractivity contribution in [1.29, 1.82) is 0 Å². The molecule has 2 bridgehead atoms. The van der Waals surface area contributed by atoms with Gasteiger partial charge >= 0.3 is 0 Å². The number of halogens is 1. The summed E-state index contributed by atoms with van der Waals surface area (Å²) >= 11 is 3.09. The SMILES string of the molecule is O=C(NCc1ncc(Br)c(=O)[nH]1)C1CN2CCC1CC2. The molecule has 20 heavy (non-hydrogen) atoms. The number of nitrogens with one attached hydrogen (secondary N) is 2. The first kappa shape index (κ1) is 13.8. The van der Waals surface area contributed by atoms with Crippen molar-refractivity contribution >= 4 is 21.8 Å². The Labute approximate surface area is 125 Å². The Morgan fingerprint density at radius 3 is 2.85 bits per heavy atom. The van der Waals surface area contributed by atoms with Crippen LogP contribution in [0.25, 0.3) is 0 Å². The summed E-state index contributed by atoms with van der Waals surface area (Å²) in [6, 6.07) is 0. The molecule has 108 valence electrons. The van der Waals surface area contributed by atoms with E-state index >= 15 is 0 Å². The third-order valence-corrected chi connectivity index (χ3v) is 4.80. The molecule has 3 saturated heterocycles. The van der Waals surface area contributed by atoms with Gasteiger partial charge in [0, 0.05) is 12.7 Å². The van der Waals surface area contributed by atoms with E-state index in [1.165, 1.54) is 6.20 Å². The van der Waals surface area contributed by atoms with Crippen LogP contribution in [0.15, 0.2) is 15.5 Å². The Morgan fingerprint density at radius 1 is 1.50 bits per heavy atom. The Morgan fingerprint density at radius 2 is 2.25 bits per heavy atom. The van der Waals surface area contributed by atoms with E-state index in [0.717, 1.165) is 32.5 Å². The molecule has 1 unspecified atom stereocenters. The van der Waals surface area contributed by atoms with Gasteiger partial charge in [-0.05, 0) is 47.8 Å². The van der Waals surface area contributed by atoms with Gasteiger partial charge in [-0.15, -0.1) is 0 Å². The number of rotatable bonds is 3. The summed E-state index contributed by atoms with van der Waals surface area (Å²) in [7, 11) is 0. The molecule has 0 radical (unpaired) electrons. The largest absolute Gasteiger partial charge is 0.349 e. The van der Waals surface area contributed by atoms with E-state index in [4.69, 9.17) is 0 Å². The van der Waals surface area contributed by atoms with Crippen LogP contribution < -0.4 is 10.9 Å². The van der Waals surface area contributed by atoms with E-state index in [-0.39, 0.29) is 23.9 Å². The van der Waals surface area contributed by atoms with Crippen molar-refractivity contribution in [2.75, 3.05) is 19.6 Å². The van der Waals surface area contributed by atoms with Gasteiger partial charge in [0.2, 0.25) is 5.91 Å². The molecule has 0 aromatic carbocycles. The van der Waals surface area contributed by atoms with Crippen molar-refractivity contribution in [2.24, 2.45) is 11.8 Å². The van der Waals surface area contributed by atoms with Crippen LogP contribution in [0.4, 0.5) is 0 Å². The molecule has 6 nitrogen and oxygen atoms in total. The van der Waals surface area contributed by atoms with Crippen molar-refractivity contribution < 1.29 is 4.79 Å². The number of hydrogen-bond acceptors (Lipinski definition) is 4. The van der Waals surface area contributed by atoms with Crippen LogP contribution in [0.1, 0.15) is 18.7 Å². The van der Waals surface area contributed by atoms with Crippen molar-refractivity contribution in [3.8, 4) is 0 Å². The quantitative estimate of drug-likeness (QED) is 0.839. The van der Waals surface area contributed by atoms with Gasteiger partial charge in [-0.25, -0.2) is 4.98 Å². The lowest BCUT2D eigenvalue weighted by Crippen LogP contribution is -2.52. The molecule has 7 heteroatoms. The maximum absolute atomic E-state index is 12.2. The predicted octanol–water partition coefficient (Wildman–Crippen LogP) is 0.490. The van der Waals surface area contributed by atoms with Crippen LogP contribution in [0.5, 0.6) is 0 Å². The number of nitrogens with zero attached hydrogens (tertiary/aromatic N) is 2. The summed E-state index contributed by atoms with van der Waals surface area (Å²) in [5.41, 5.74) is -0.230. The first-order chi connectivity index (χ1) is 9.63. The molecule has 3 aliphatic heterocycles. The first-order valence-electron chi connectivity index (χ1n) is 6.87. The zero-order valence-electron chi connectivity index (χ0n) is 11.1. The second-order valence-corrected chi connectivity index (χ2v) is 6.32. The monoisotopic (exact) mass is 340 g/mol. The van der Waals surface area contributed by atoms with Gasteiger partial charge in [0.1, 0.15) is 10.3 Å². The van der Waals surface area contributed by atoms with Crippen molar-refractivity contribution in [2.45, 2.75) is 19.4 Å². The molecule has 0 saturated carbocycles. The summed E-state index contributed by atoms with van der Waals surface area (Å²) in [5, 5.41) is 2.89. The average molecular weight is 341 g/mol. The van der Waals surface area contributed by atoms with Crippen LogP contribution >= 0.6 is 15.9 Å². The molecule has 1 amide bonds. The van der Waals surface area contributed by atoms with Crippen LogP contribution in [-0.4, -0.2) is 40.4 Å². The molecular formula is C13H17BrN4O2. The van der Waals surface area contributed by atoms with E-state index < -0.39 is 0 Å². The molecule has 4 rings (SSSR count). The molecule has 2 N–H and O–H groups in total. The highest BCUT2D eigenvalue weighted by Gasteiger charge is 2.37. The van der Waals surface area contributed by atoms with Gasteiger partial charge in [-0.2, -0.15) is 0 Å². The number of carbonyl (C=O) groups excluding carboxylic acids is 1. The lowest BCUT2D eigenvalue weighted by molar-refractivity contribution is -0.131. The Balaban J connectivity index is 1.59. The molecule has 1 atom stereocenters. The van der Waals surface area contributed by atoms with E-state index in [0.29, 0.717) is 16.2 Å². The highest BCUT2D eigenvalue weighted by molar-refractivity contribution is 9.10. The summed E-state index contributed by atoms with van der Waals surface area (Å²) in [5.74, 6) is 1.15. The summed E-state index contributed by atoms with van der Waals surface area (Å²) in [4.78, 5) is 32.7. The molecule has 0 spiro atoms. The minimum absolute atomic E-state index is 0.0740. The minimum atomic E-state index is -0.230. The fourth-order valence-electron chi connectivity index (χ4n) is 3.07. The Bertz CT molecular complexity index is 566. The first-order valence-corrected chi connectivity index (χ1v) is 7.66. The molecule has 3 aliphatic rings. The lowest BCUT2D eigenvalue weighted by Gasteiger charge is -2.43. The second kappa shape index (κ2) is 5.65. The van der Waals surface area contributed by atoms with Gasteiger partial charge in [0.15, 0.2) is 0 Å². The predicted molar refractivity (Wildman–Crippen MR) is 77.1 cm³/mol. The van der Waals surface area contributed by atoms with Crippen molar-refractivity contribution in [3.63, 3.8) is 0 Å². The number of aromatic amines is 1. The summed E-state index contributed by atoms with van der Waals surface area (Å²) in [6.07, 6.45) is 3.69. The number of hydrogen-bond donors (Lipinski definition) is 2. The zero-order valence-corrected chi connectivity index (χ0v) is 12.6. The normalized spacial score (nSPS) is 28.4. The number of H-pyrrole nitrogens is 1. The lowest BCUT2D eigenvalue weighted by atomic mass is 9.78. The van der Waals surface area contributed by atoms with E-state index in [2.05, 4.69) is 36.1 Å². The van der Waals surface area contributed by atoms with Crippen LogP contribution in [-0.2, 0) is 11.3 Å². The minimum Gasteiger partial charge on any atom is -0.349 e. The van der Waals surface area contributed by atoms with Crippen molar-refractivity contribution in [1.82, 2.24) is 20.2 Å². The smallest absolute Gasteiger partial charge is 0.265 e. The number of amides is 1. The average Bonchev–Trinajstić information content (AvgIpc) is 2.49. The number of piperidine rings is 3. The Kier molecular flexibility index (Phi) is 3.89. The highest BCUT2D eigenvalue weighted by Crippen LogP contribution is 2.32. The van der Waals surface area contributed by atoms with E-state index in [9.17, 15) is 9.59 Å². The molecule has 3 fully saturated rings. The molecule has 1 aromatic rings. The topological polar surface area (TPSA) is 78.1 Å². The van der Waals surface area contributed by atoms with Crippen molar-refractivity contribution in [3.05, 3.63) is 26.8 Å². The maximum atomic E-state index is 12.2. The fraction of sp³-hybridized carbons (Fsp3) is 0.615. The third kappa shape index (κ3) is 2.78.